The Morgan fingerprint density at radius 2 is 1.69 bits per heavy atom. The first kappa shape index (κ1) is 19.2. The lowest BCUT2D eigenvalue weighted by molar-refractivity contribution is 0.0494. The van der Waals surface area contributed by atoms with Crippen LogP contribution in [0, 0.1) is 17.2 Å². The molecule has 0 aliphatic rings. The molecule has 0 atom stereocenters. The van der Waals surface area contributed by atoms with Gasteiger partial charge in [-0.3, -0.25) is 0 Å². The van der Waals surface area contributed by atoms with Crippen LogP contribution in [0.5, 0.6) is 5.75 Å². The van der Waals surface area contributed by atoms with Crippen LogP contribution in [0.1, 0.15) is 53.0 Å². The van der Waals surface area contributed by atoms with Crippen LogP contribution in [-0.4, -0.2) is 18.5 Å². The molecule has 0 aliphatic heterocycles. The molecule has 0 fully saturated rings. The van der Waals surface area contributed by atoms with Crippen LogP contribution >= 0.6 is 0 Å². The Hall–Kier alpha value is -3.13. The highest BCUT2D eigenvalue weighted by atomic mass is 16.5. The number of ether oxygens (including phenoxy) is 2. The molecule has 0 aromatic heterocycles. The van der Waals surface area contributed by atoms with Gasteiger partial charge in [0.2, 0.25) is 0 Å². The van der Waals surface area contributed by atoms with Gasteiger partial charge in [-0.25, -0.2) is 9.59 Å². The highest BCUT2D eigenvalue weighted by Gasteiger charge is 2.13. The van der Waals surface area contributed by atoms with Gasteiger partial charge >= 0.3 is 11.9 Å². The number of hydrogen-bond donors (Lipinski definition) is 0. The SMILES string of the molecule is CC(C)CCCOC(=O)c1cccc(C(=O)Oc2ccc(C#N)cc2)c1. The van der Waals surface area contributed by atoms with Crippen molar-refractivity contribution in [1.29, 1.82) is 5.26 Å². The molecule has 26 heavy (non-hydrogen) atoms. The maximum atomic E-state index is 12.2. The Balaban J connectivity index is 1.97. The van der Waals surface area contributed by atoms with Gasteiger partial charge in [0.15, 0.2) is 0 Å². The molecule has 0 heterocycles. The highest BCUT2D eigenvalue weighted by molar-refractivity contribution is 5.96. The lowest BCUT2D eigenvalue weighted by atomic mass is 10.1. The summed E-state index contributed by atoms with van der Waals surface area (Å²) in [5, 5.41) is 8.77. The van der Waals surface area contributed by atoms with E-state index in [0.29, 0.717) is 29.4 Å². The van der Waals surface area contributed by atoms with E-state index >= 15 is 0 Å². The van der Waals surface area contributed by atoms with Gasteiger partial charge in [-0.2, -0.15) is 5.26 Å². The molecule has 2 rings (SSSR count). The summed E-state index contributed by atoms with van der Waals surface area (Å²) >= 11 is 0. The largest absolute Gasteiger partial charge is 0.462 e. The van der Waals surface area contributed by atoms with Gasteiger partial charge in [0, 0.05) is 0 Å². The number of carbonyl (C=O) groups excluding carboxylic acids is 2. The van der Waals surface area contributed by atoms with Crippen LogP contribution in [0.4, 0.5) is 0 Å². The van der Waals surface area contributed by atoms with Crippen LogP contribution in [0.3, 0.4) is 0 Å². The predicted octanol–water partition coefficient (Wildman–Crippen LogP) is 4.37. The fourth-order valence-corrected chi connectivity index (χ4v) is 2.28. The summed E-state index contributed by atoms with van der Waals surface area (Å²) in [6.45, 7) is 4.59. The third-order valence-corrected chi connectivity index (χ3v) is 3.69. The van der Waals surface area contributed by atoms with Gasteiger partial charge in [-0.1, -0.05) is 19.9 Å². The molecule has 134 valence electrons. The molecule has 0 unspecified atom stereocenters. The zero-order chi connectivity index (χ0) is 18.9. The second-order valence-electron chi connectivity index (χ2n) is 6.28. The molecule has 0 aliphatic carbocycles. The number of hydrogen-bond acceptors (Lipinski definition) is 5. The quantitative estimate of drug-likeness (QED) is 0.420. The van der Waals surface area contributed by atoms with Crippen LogP contribution in [-0.2, 0) is 4.74 Å². The molecule has 5 heteroatoms. The van der Waals surface area contributed by atoms with Crippen LogP contribution < -0.4 is 4.74 Å². The summed E-state index contributed by atoms with van der Waals surface area (Å²) in [6, 6.07) is 14.4. The molecule has 2 aromatic carbocycles. The Bertz CT molecular complexity index is 804. The first-order valence-electron chi connectivity index (χ1n) is 8.49. The maximum absolute atomic E-state index is 12.2. The molecule has 0 bridgehead atoms. The summed E-state index contributed by atoms with van der Waals surface area (Å²) in [4.78, 5) is 24.3. The van der Waals surface area contributed by atoms with Crippen molar-refractivity contribution < 1.29 is 19.1 Å². The van der Waals surface area contributed by atoms with Crippen molar-refractivity contribution in [3.8, 4) is 11.8 Å². The first-order valence-corrected chi connectivity index (χ1v) is 8.49. The summed E-state index contributed by atoms with van der Waals surface area (Å²) in [6.07, 6.45) is 1.80. The Morgan fingerprint density at radius 3 is 2.31 bits per heavy atom. The average molecular weight is 351 g/mol. The summed E-state index contributed by atoms with van der Waals surface area (Å²) in [5.74, 6) is -0.143. The topological polar surface area (TPSA) is 76.4 Å². The molecule has 0 radical (unpaired) electrons. The van der Waals surface area contributed by atoms with Gasteiger partial charge in [0.1, 0.15) is 5.75 Å². The lowest BCUT2D eigenvalue weighted by Gasteiger charge is -2.08. The zero-order valence-corrected chi connectivity index (χ0v) is 14.9. The van der Waals surface area contributed by atoms with E-state index in [2.05, 4.69) is 13.8 Å². The van der Waals surface area contributed by atoms with Crippen LogP contribution in [0.25, 0.3) is 0 Å². The normalized spacial score (nSPS) is 10.2. The van der Waals surface area contributed by atoms with E-state index in [1.807, 2.05) is 6.07 Å². The minimum Gasteiger partial charge on any atom is -0.462 e. The molecular weight excluding hydrogens is 330 g/mol. The van der Waals surface area contributed by atoms with E-state index < -0.39 is 11.9 Å². The van der Waals surface area contributed by atoms with Gasteiger partial charge in [0.25, 0.3) is 0 Å². The smallest absolute Gasteiger partial charge is 0.343 e. The van der Waals surface area contributed by atoms with Gasteiger partial charge in [-0.15, -0.1) is 0 Å². The third kappa shape index (κ3) is 5.75. The van der Waals surface area contributed by atoms with E-state index in [1.165, 1.54) is 6.07 Å². The maximum Gasteiger partial charge on any atom is 0.343 e. The van der Waals surface area contributed by atoms with Crippen molar-refractivity contribution in [3.63, 3.8) is 0 Å². The number of rotatable bonds is 7. The van der Waals surface area contributed by atoms with E-state index in [4.69, 9.17) is 14.7 Å². The van der Waals surface area contributed by atoms with Gasteiger partial charge in [0.05, 0.1) is 29.4 Å². The Kier molecular flexibility index (Phi) is 6.92. The number of nitriles is 1. The summed E-state index contributed by atoms with van der Waals surface area (Å²) in [5.41, 5.74) is 1.04. The molecule has 0 amide bonds. The predicted molar refractivity (Wildman–Crippen MR) is 96.9 cm³/mol. The lowest BCUT2D eigenvalue weighted by Crippen LogP contribution is -2.11. The zero-order valence-electron chi connectivity index (χ0n) is 14.9. The molecular formula is C21H21NO4. The van der Waals surface area contributed by atoms with Crippen molar-refractivity contribution in [2.75, 3.05) is 6.61 Å². The van der Waals surface area contributed by atoms with E-state index in [0.717, 1.165) is 12.8 Å². The second kappa shape index (κ2) is 9.38. The van der Waals surface area contributed by atoms with E-state index in [9.17, 15) is 9.59 Å². The minimum absolute atomic E-state index is 0.256. The number of benzene rings is 2. The van der Waals surface area contributed by atoms with Crippen molar-refractivity contribution in [2.24, 2.45) is 5.92 Å². The van der Waals surface area contributed by atoms with Gasteiger partial charge in [-0.05, 0) is 61.2 Å². The Morgan fingerprint density at radius 1 is 1.04 bits per heavy atom. The van der Waals surface area contributed by atoms with Crippen molar-refractivity contribution in [1.82, 2.24) is 0 Å². The second-order valence-corrected chi connectivity index (χ2v) is 6.28. The fourth-order valence-electron chi connectivity index (χ4n) is 2.28. The molecule has 0 saturated carbocycles. The van der Waals surface area contributed by atoms with Crippen LogP contribution in [0.2, 0.25) is 0 Å². The summed E-state index contributed by atoms with van der Waals surface area (Å²) in [7, 11) is 0. The standard InChI is InChI=1S/C21H21NO4/c1-15(2)5-4-12-25-20(23)17-6-3-7-18(13-17)21(24)26-19-10-8-16(14-22)9-11-19/h3,6-11,13,15H,4-5,12H2,1-2H3. The molecule has 0 spiro atoms. The van der Waals surface area contributed by atoms with Crippen LogP contribution in [0.15, 0.2) is 48.5 Å². The molecule has 2 aromatic rings. The van der Waals surface area contributed by atoms with Crippen molar-refractivity contribution >= 4 is 11.9 Å². The fraction of sp³-hybridized carbons (Fsp3) is 0.286. The highest BCUT2D eigenvalue weighted by Crippen LogP contribution is 2.15. The Labute approximate surface area is 153 Å². The number of nitrogens with zero attached hydrogens (tertiary/aromatic N) is 1. The van der Waals surface area contributed by atoms with Gasteiger partial charge < -0.3 is 9.47 Å². The van der Waals surface area contributed by atoms with Crippen molar-refractivity contribution in [2.45, 2.75) is 26.7 Å². The van der Waals surface area contributed by atoms with Crippen molar-refractivity contribution in [3.05, 3.63) is 65.2 Å². The average Bonchev–Trinajstić information content (AvgIpc) is 2.65. The first-order chi connectivity index (χ1) is 12.5. The van der Waals surface area contributed by atoms with E-state index in [-0.39, 0.29) is 5.56 Å². The summed E-state index contributed by atoms with van der Waals surface area (Å²) < 4.78 is 10.5. The third-order valence-electron chi connectivity index (χ3n) is 3.69. The monoisotopic (exact) mass is 351 g/mol. The van der Waals surface area contributed by atoms with E-state index in [1.54, 1.807) is 42.5 Å². The number of esters is 2. The number of carbonyl (C=O) groups is 2. The minimum atomic E-state index is -0.579. The molecule has 5 nitrogen and oxygen atoms in total. The molecule has 0 saturated heterocycles. The molecule has 0 N–H and O–H groups in total.